The third-order valence-corrected chi connectivity index (χ3v) is 2.66. The van der Waals surface area contributed by atoms with E-state index in [0.717, 1.165) is 18.7 Å². The summed E-state index contributed by atoms with van der Waals surface area (Å²) in [5.74, 6) is -1.11. The standard InChI is InChI=1S/C11H15N3O4/c1-4-11(2,3)13-9-8(10(15)16)5-7(6-12-9)14(17)18/h5-6H,4H2,1-3H3,(H,12,13)(H,15,16). The number of aromatic carboxylic acids is 1. The fraction of sp³-hybridized carbons (Fsp3) is 0.455. The number of nitro groups is 1. The zero-order valence-corrected chi connectivity index (χ0v) is 10.4. The second-order valence-electron chi connectivity index (χ2n) is 4.51. The van der Waals surface area contributed by atoms with Crippen molar-refractivity contribution >= 4 is 17.5 Å². The first kappa shape index (κ1) is 13.9. The first-order valence-electron chi connectivity index (χ1n) is 5.42. The molecule has 18 heavy (non-hydrogen) atoms. The molecule has 0 spiro atoms. The van der Waals surface area contributed by atoms with E-state index >= 15 is 0 Å². The van der Waals surface area contributed by atoms with Gasteiger partial charge in [0.15, 0.2) is 0 Å². The van der Waals surface area contributed by atoms with Crippen LogP contribution in [0, 0.1) is 10.1 Å². The molecule has 7 heteroatoms. The molecule has 0 saturated carbocycles. The number of carbonyl (C=O) groups is 1. The lowest BCUT2D eigenvalue weighted by molar-refractivity contribution is -0.385. The first-order valence-corrected chi connectivity index (χ1v) is 5.42. The first-order chi connectivity index (χ1) is 8.26. The second-order valence-corrected chi connectivity index (χ2v) is 4.51. The van der Waals surface area contributed by atoms with Gasteiger partial charge in [0.1, 0.15) is 17.6 Å². The maximum Gasteiger partial charge on any atom is 0.339 e. The van der Waals surface area contributed by atoms with Gasteiger partial charge in [0.2, 0.25) is 0 Å². The molecule has 0 saturated heterocycles. The number of hydrogen-bond acceptors (Lipinski definition) is 5. The minimum Gasteiger partial charge on any atom is -0.478 e. The van der Waals surface area contributed by atoms with Crippen molar-refractivity contribution in [3.05, 3.63) is 27.9 Å². The molecule has 0 aliphatic heterocycles. The van der Waals surface area contributed by atoms with E-state index in [1.165, 1.54) is 0 Å². The maximum absolute atomic E-state index is 11.1. The number of pyridine rings is 1. The molecule has 2 N–H and O–H groups in total. The van der Waals surface area contributed by atoms with E-state index in [1.807, 2.05) is 20.8 Å². The highest BCUT2D eigenvalue weighted by atomic mass is 16.6. The summed E-state index contributed by atoms with van der Waals surface area (Å²) in [5, 5.41) is 22.6. The Morgan fingerprint density at radius 3 is 2.67 bits per heavy atom. The molecule has 0 aliphatic rings. The average molecular weight is 253 g/mol. The van der Waals surface area contributed by atoms with E-state index in [4.69, 9.17) is 5.11 Å². The van der Waals surface area contributed by atoms with Crippen LogP contribution in [0.5, 0.6) is 0 Å². The van der Waals surface area contributed by atoms with E-state index in [2.05, 4.69) is 10.3 Å². The molecule has 1 aromatic heterocycles. The molecule has 1 heterocycles. The van der Waals surface area contributed by atoms with Crippen LogP contribution in [-0.2, 0) is 0 Å². The Kier molecular flexibility index (Phi) is 3.85. The van der Waals surface area contributed by atoms with E-state index in [-0.39, 0.29) is 22.6 Å². The number of anilines is 1. The Hall–Kier alpha value is -2.18. The van der Waals surface area contributed by atoms with Gasteiger partial charge in [-0.3, -0.25) is 10.1 Å². The largest absolute Gasteiger partial charge is 0.478 e. The minimum absolute atomic E-state index is 0.139. The van der Waals surface area contributed by atoms with Crippen molar-refractivity contribution in [1.29, 1.82) is 0 Å². The predicted octanol–water partition coefficient (Wildman–Crippen LogP) is 2.29. The Bertz CT molecular complexity index is 485. The Morgan fingerprint density at radius 1 is 1.61 bits per heavy atom. The number of nitrogens with zero attached hydrogens (tertiary/aromatic N) is 2. The second kappa shape index (κ2) is 4.99. The van der Waals surface area contributed by atoms with Crippen LogP contribution < -0.4 is 5.32 Å². The molecular weight excluding hydrogens is 238 g/mol. The van der Waals surface area contributed by atoms with Crippen molar-refractivity contribution < 1.29 is 14.8 Å². The maximum atomic E-state index is 11.1. The van der Waals surface area contributed by atoms with Crippen LogP contribution in [0.3, 0.4) is 0 Å². The predicted molar refractivity (Wildman–Crippen MR) is 65.8 cm³/mol. The molecule has 0 radical (unpaired) electrons. The van der Waals surface area contributed by atoms with Crippen molar-refractivity contribution in [2.24, 2.45) is 0 Å². The molecular formula is C11H15N3O4. The molecule has 98 valence electrons. The topological polar surface area (TPSA) is 105 Å². The number of carboxylic acid groups (broad SMARTS) is 1. The number of hydrogen-bond donors (Lipinski definition) is 2. The lowest BCUT2D eigenvalue weighted by Crippen LogP contribution is -2.31. The summed E-state index contributed by atoms with van der Waals surface area (Å²) < 4.78 is 0. The monoisotopic (exact) mass is 253 g/mol. The van der Waals surface area contributed by atoms with Gasteiger partial charge in [0.05, 0.1) is 4.92 Å². The summed E-state index contributed by atoms with van der Waals surface area (Å²) in [7, 11) is 0. The molecule has 7 nitrogen and oxygen atoms in total. The van der Waals surface area contributed by atoms with Crippen molar-refractivity contribution in [2.45, 2.75) is 32.7 Å². The van der Waals surface area contributed by atoms with Gasteiger partial charge in [0, 0.05) is 11.6 Å². The summed E-state index contributed by atoms with van der Waals surface area (Å²) in [6.07, 6.45) is 1.80. The lowest BCUT2D eigenvalue weighted by Gasteiger charge is -2.25. The summed E-state index contributed by atoms with van der Waals surface area (Å²) >= 11 is 0. The van der Waals surface area contributed by atoms with Crippen molar-refractivity contribution in [2.75, 3.05) is 5.32 Å². The van der Waals surface area contributed by atoms with Crippen LogP contribution in [0.15, 0.2) is 12.3 Å². The SMILES string of the molecule is CCC(C)(C)Nc1ncc([N+](=O)[O-])cc1C(=O)O. The molecule has 0 amide bonds. The Balaban J connectivity index is 3.20. The molecule has 1 rings (SSSR count). The number of carboxylic acids is 1. The zero-order chi connectivity index (χ0) is 13.9. The van der Waals surface area contributed by atoms with Crippen molar-refractivity contribution in [1.82, 2.24) is 4.98 Å². The van der Waals surface area contributed by atoms with Gasteiger partial charge in [-0.15, -0.1) is 0 Å². The summed E-state index contributed by atoms with van der Waals surface area (Å²) in [6.45, 7) is 5.72. The van der Waals surface area contributed by atoms with Crippen LogP contribution in [-0.4, -0.2) is 26.5 Å². The van der Waals surface area contributed by atoms with Crippen molar-refractivity contribution in [3.8, 4) is 0 Å². The molecule has 0 atom stereocenters. The molecule has 0 fully saturated rings. The number of rotatable bonds is 5. The highest BCUT2D eigenvalue weighted by Crippen LogP contribution is 2.23. The van der Waals surface area contributed by atoms with Crippen molar-refractivity contribution in [3.63, 3.8) is 0 Å². The van der Waals surface area contributed by atoms with Crippen LogP contribution in [0.2, 0.25) is 0 Å². The summed E-state index contributed by atoms with van der Waals surface area (Å²) in [4.78, 5) is 24.8. The quantitative estimate of drug-likeness (QED) is 0.616. The lowest BCUT2D eigenvalue weighted by atomic mass is 10.0. The van der Waals surface area contributed by atoms with E-state index in [9.17, 15) is 14.9 Å². The zero-order valence-electron chi connectivity index (χ0n) is 10.4. The molecule has 0 bridgehead atoms. The average Bonchev–Trinajstić information content (AvgIpc) is 2.28. The smallest absolute Gasteiger partial charge is 0.339 e. The van der Waals surface area contributed by atoms with Gasteiger partial charge >= 0.3 is 5.97 Å². The van der Waals surface area contributed by atoms with Gasteiger partial charge in [0.25, 0.3) is 5.69 Å². The van der Waals surface area contributed by atoms with Gasteiger partial charge in [-0.2, -0.15) is 0 Å². The third kappa shape index (κ3) is 3.16. The van der Waals surface area contributed by atoms with Crippen LogP contribution >= 0.6 is 0 Å². The number of aromatic nitrogens is 1. The molecule has 0 aromatic carbocycles. The minimum atomic E-state index is -1.25. The molecule has 0 aliphatic carbocycles. The van der Waals surface area contributed by atoms with Gasteiger partial charge in [-0.25, -0.2) is 9.78 Å². The normalized spacial score (nSPS) is 11.1. The van der Waals surface area contributed by atoms with E-state index in [0.29, 0.717) is 0 Å². The highest BCUT2D eigenvalue weighted by molar-refractivity contribution is 5.93. The number of nitrogens with one attached hydrogen (secondary N) is 1. The highest BCUT2D eigenvalue weighted by Gasteiger charge is 2.22. The molecule has 1 aromatic rings. The van der Waals surface area contributed by atoms with Gasteiger partial charge < -0.3 is 10.4 Å². The summed E-state index contributed by atoms with van der Waals surface area (Å²) in [5.41, 5.74) is -0.883. The third-order valence-electron chi connectivity index (χ3n) is 2.66. The van der Waals surface area contributed by atoms with Gasteiger partial charge in [-0.05, 0) is 20.3 Å². The van der Waals surface area contributed by atoms with Gasteiger partial charge in [-0.1, -0.05) is 6.92 Å². The summed E-state index contributed by atoms with van der Waals surface area (Å²) in [6, 6.07) is 1.00. The fourth-order valence-electron chi connectivity index (χ4n) is 1.23. The van der Waals surface area contributed by atoms with Crippen LogP contribution in [0.25, 0.3) is 0 Å². The fourth-order valence-corrected chi connectivity index (χ4v) is 1.23. The van der Waals surface area contributed by atoms with Crippen LogP contribution in [0.4, 0.5) is 11.5 Å². The van der Waals surface area contributed by atoms with E-state index in [1.54, 1.807) is 0 Å². The van der Waals surface area contributed by atoms with Crippen LogP contribution in [0.1, 0.15) is 37.6 Å². The van der Waals surface area contributed by atoms with E-state index < -0.39 is 10.9 Å². The Morgan fingerprint density at radius 2 is 2.22 bits per heavy atom. The Labute approximate surface area is 104 Å². The molecule has 0 unspecified atom stereocenters.